The van der Waals surface area contributed by atoms with Gasteiger partial charge in [-0.2, -0.15) is 13.2 Å². The van der Waals surface area contributed by atoms with E-state index in [1.54, 1.807) is 4.90 Å². The average Bonchev–Trinajstić information content (AvgIpc) is 2.58. The summed E-state index contributed by atoms with van der Waals surface area (Å²) in [5.41, 5.74) is -4.62. The Labute approximate surface area is 167 Å². The van der Waals surface area contributed by atoms with Gasteiger partial charge in [0.25, 0.3) is 5.91 Å². The summed E-state index contributed by atoms with van der Waals surface area (Å²) in [6.07, 6.45) is 1.34. The molecule has 1 aliphatic heterocycles. The van der Waals surface area contributed by atoms with E-state index in [1.165, 1.54) is 24.3 Å². The highest BCUT2D eigenvalue weighted by Gasteiger charge is 2.29. The van der Waals surface area contributed by atoms with Crippen molar-refractivity contribution >= 4 is 23.8 Å². The van der Waals surface area contributed by atoms with Gasteiger partial charge in [-0.3, -0.25) is 4.79 Å². The smallest absolute Gasteiger partial charge is 0.444 e. The predicted octanol–water partition coefficient (Wildman–Crippen LogP) is 4.68. The van der Waals surface area contributed by atoms with E-state index in [0.29, 0.717) is 25.2 Å². The van der Waals surface area contributed by atoms with Gasteiger partial charge in [-0.15, -0.1) is 0 Å². The van der Waals surface area contributed by atoms with Crippen LogP contribution >= 0.6 is 11.8 Å². The third-order valence-electron chi connectivity index (χ3n) is 4.07. The molecule has 1 fully saturated rings. The molecule has 0 spiro atoms. The van der Waals surface area contributed by atoms with Crippen LogP contribution in [0.25, 0.3) is 0 Å². The van der Waals surface area contributed by atoms with E-state index in [1.807, 2.05) is 20.8 Å². The summed E-state index contributed by atoms with van der Waals surface area (Å²) >= 11 is -0.217. The molecule has 0 radical (unpaired) electrons. The highest BCUT2D eigenvalue weighted by Crippen LogP contribution is 2.36. The summed E-state index contributed by atoms with van der Waals surface area (Å²) in [7, 11) is 0. The lowest BCUT2D eigenvalue weighted by Crippen LogP contribution is -2.45. The average molecular weight is 418 g/mol. The molecule has 156 valence electrons. The summed E-state index contributed by atoms with van der Waals surface area (Å²) in [5, 5.41) is 2.80. The van der Waals surface area contributed by atoms with Crippen molar-refractivity contribution in [3.8, 4) is 0 Å². The van der Waals surface area contributed by atoms with Crippen LogP contribution < -0.4 is 5.32 Å². The fourth-order valence-corrected chi connectivity index (χ4v) is 3.41. The third kappa shape index (κ3) is 7.61. The molecule has 28 heavy (non-hydrogen) atoms. The number of hydrogen-bond acceptors (Lipinski definition) is 4. The Hall–Kier alpha value is -1.90. The topological polar surface area (TPSA) is 58.6 Å². The van der Waals surface area contributed by atoms with Crippen molar-refractivity contribution in [1.29, 1.82) is 0 Å². The van der Waals surface area contributed by atoms with Crippen LogP contribution in [0.5, 0.6) is 0 Å². The van der Waals surface area contributed by atoms with Crippen LogP contribution in [0.1, 0.15) is 44.0 Å². The van der Waals surface area contributed by atoms with E-state index in [4.69, 9.17) is 4.74 Å². The molecule has 0 saturated carbocycles. The zero-order chi connectivity index (χ0) is 20.9. The maximum atomic E-state index is 12.4. The Balaban J connectivity index is 1.84. The predicted molar refractivity (Wildman–Crippen MR) is 101 cm³/mol. The highest BCUT2D eigenvalue weighted by atomic mass is 32.2. The van der Waals surface area contributed by atoms with Crippen molar-refractivity contribution in [3.05, 3.63) is 29.8 Å². The molecule has 2 rings (SSSR count). The fraction of sp³-hybridized carbons (Fsp3) is 0.579. The van der Waals surface area contributed by atoms with Gasteiger partial charge >= 0.3 is 11.6 Å². The standard InChI is InChI=1S/C19H25F3N2O3S/c1-18(2,3)27-17(26)24-10-4-5-13(12-24)11-23-16(25)14-6-8-15(9-7-14)28-19(20,21)22/h6-9,13H,4-5,10-12H2,1-3H3,(H,23,25). The quantitative estimate of drug-likeness (QED) is 0.722. The second kappa shape index (κ2) is 9.07. The van der Waals surface area contributed by atoms with E-state index >= 15 is 0 Å². The number of thioether (sulfide) groups is 1. The van der Waals surface area contributed by atoms with Crippen molar-refractivity contribution < 1.29 is 27.5 Å². The van der Waals surface area contributed by atoms with Crippen molar-refractivity contribution in [1.82, 2.24) is 10.2 Å². The van der Waals surface area contributed by atoms with Crippen molar-refractivity contribution in [2.24, 2.45) is 5.92 Å². The van der Waals surface area contributed by atoms with E-state index in [2.05, 4.69) is 5.32 Å². The lowest BCUT2D eigenvalue weighted by atomic mass is 9.98. The Morgan fingerprint density at radius 1 is 1.21 bits per heavy atom. The van der Waals surface area contributed by atoms with Gasteiger partial charge in [0.15, 0.2) is 0 Å². The SMILES string of the molecule is CC(C)(C)OC(=O)N1CCCC(CNC(=O)c2ccc(SC(F)(F)F)cc2)C1. The number of halogens is 3. The second-order valence-corrected chi connectivity index (χ2v) is 8.86. The highest BCUT2D eigenvalue weighted by molar-refractivity contribution is 8.00. The molecule has 1 aromatic carbocycles. The number of carbonyl (C=O) groups excluding carboxylic acids is 2. The van der Waals surface area contributed by atoms with Crippen LogP contribution in [0.4, 0.5) is 18.0 Å². The summed E-state index contributed by atoms with van der Waals surface area (Å²) in [6.45, 7) is 6.94. The maximum Gasteiger partial charge on any atom is 0.446 e. The molecule has 1 atom stereocenters. The molecule has 0 aromatic heterocycles. The van der Waals surface area contributed by atoms with E-state index in [0.717, 1.165) is 12.8 Å². The molecular weight excluding hydrogens is 393 g/mol. The molecule has 2 amide bonds. The molecule has 0 aliphatic carbocycles. The van der Waals surface area contributed by atoms with Crippen LogP contribution in [-0.2, 0) is 4.74 Å². The first-order valence-corrected chi connectivity index (χ1v) is 9.86. The number of likely N-dealkylation sites (tertiary alicyclic amines) is 1. The monoisotopic (exact) mass is 418 g/mol. The Morgan fingerprint density at radius 3 is 2.43 bits per heavy atom. The van der Waals surface area contributed by atoms with Crippen LogP contribution in [-0.4, -0.2) is 47.6 Å². The largest absolute Gasteiger partial charge is 0.446 e. The van der Waals surface area contributed by atoms with Crippen molar-refractivity contribution in [2.45, 2.75) is 49.6 Å². The van der Waals surface area contributed by atoms with E-state index in [-0.39, 0.29) is 34.6 Å². The third-order valence-corrected chi connectivity index (χ3v) is 4.81. The minimum atomic E-state index is -4.36. The Kier molecular flexibility index (Phi) is 7.25. The van der Waals surface area contributed by atoms with Gasteiger partial charge in [-0.1, -0.05) is 0 Å². The lowest BCUT2D eigenvalue weighted by Gasteiger charge is -2.34. The number of ether oxygens (including phenoxy) is 1. The second-order valence-electron chi connectivity index (χ2n) is 7.72. The number of rotatable bonds is 4. The van der Waals surface area contributed by atoms with E-state index < -0.39 is 11.1 Å². The van der Waals surface area contributed by atoms with Crippen LogP contribution in [0.15, 0.2) is 29.2 Å². The number of carbonyl (C=O) groups is 2. The first-order chi connectivity index (χ1) is 12.9. The first-order valence-electron chi connectivity index (χ1n) is 9.05. The van der Waals surface area contributed by atoms with Gasteiger partial charge in [0.05, 0.1) is 0 Å². The summed E-state index contributed by atoms with van der Waals surface area (Å²) in [4.78, 5) is 26.1. The first kappa shape index (κ1) is 22.4. The van der Waals surface area contributed by atoms with Crippen molar-refractivity contribution in [3.63, 3.8) is 0 Å². The molecule has 5 nitrogen and oxygen atoms in total. The van der Waals surface area contributed by atoms with Gasteiger partial charge in [0, 0.05) is 30.1 Å². The van der Waals surface area contributed by atoms with Gasteiger partial charge in [0.2, 0.25) is 0 Å². The normalized spacial score (nSPS) is 17.9. The number of hydrogen-bond donors (Lipinski definition) is 1. The van der Waals surface area contributed by atoms with Crippen LogP contribution in [0, 0.1) is 5.92 Å². The molecule has 1 N–H and O–H groups in total. The van der Waals surface area contributed by atoms with Gasteiger partial charge in [0.1, 0.15) is 5.60 Å². The summed E-state index contributed by atoms with van der Waals surface area (Å²) in [5.74, 6) is -0.247. The molecular formula is C19H25F3N2O3S. The number of nitrogens with one attached hydrogen (secondary N) is 1. The molecule has 0 bridgehead atoms. The molecule has 1 saturated heterocycles. The molecule has 1 heterocycles. The molecule has 1 aromatic rings. The molecule has 1 aliphatic rings. The number of benzene rings is 1. The van der Waals surface area contributed by atoms with Gasteiger partial charge in [-0.05, 0) is 75.6 Å². The zero-order valence-electron chi connectivity index (χ0n) is 16.1. The maximum absolute atomic E-state index is 12.4. The molecule has 1 unspecified atom stereocenters. The van der Waals surface area contributed by atoms with Crippen LogP contribution in [0.2, 0.25) is 0 Å². The summed E-state index contributed by atoms with van der Waals surface area (Å²) in [6, 6.07) is 5.30. The number of nitrogens with zero attached hydrogens (tertiary/aromatic N) is 1. The van der Waals surface area contributed by atoms with Crippen LogP contribution in [0.3, 0.4) is 0 Å². The Morgan fingerprint density at radius 2 is 1.86 bits per heavy atom. The minimum Gasteiger partial charge on any atom is -0.444 e. The lowest BCUT2D eigenvalue weighted by molar-refractivity contribution is -0.0328. The minimum absolute atomic E-state index is 0.0318. The van der Waals surface area contributed by atoms with Crippen molar-refractivity contribution in [2.75, 3.05) is 19.6 Å². The zero-order valence-corrected chi connectivity index (χ0v) is 17.0. The fourth-order valence-electron chi connectivity index (χ4n) is 2.87. The van der Waals surface area contributed by atoms with Gasteiger partial charge in [-0.25, -0.2) is 4.79 Å². The molecule has 9 heteroatoms. The number of piperidine rings is 1. The summed E-state index contributed by atoms with van der Waals surface area (Å²) < 4.78 is 42.4. The number of amides is 2. The number of alkyl halides is 3. The Bertz CT molecular complexity index is 687. The van der Waals surface area contributed by atoms with Gasteiger partial charge < -0.3 is 15.0 Å². The van der Waals surface area contributed by atoms with E-state index in [9.17, 15) is 22.8 Å².